The van der Waals surface area contributed by atoms with E-state index < -0.39 is 0 Å². The van der Waals surface area contributed by atoms with E-state index in [1.165, 1.54) is 19.0 Å². The van der Waals surface area contributed by atoms with Crippen LogP contribution < -0.4 is 5.32 Å². The van der Waals surface area contributed by atoms with Gasteiger partial charge in [-0.2, -0.15) is 0 Å². The molecule has 3 heterocycles. The Morgan fingerprint density at radius 3 is 2.63 bits per heavy atom. The Balaban J connectivity index is 1.30. The van der Waals surface area contributed by atoms with Crippen molar-refractivity contribution in [3.05, 3.63) is 43.0 Å². The van der Waals surface area contributed by atoms with Gasteiger partial charge >= 0.3 is 0 Å². The maximum atomic E-state index is 9.76. The fourth-order valence-corrected chi connectivity index (χ4v) is 4.63. The molecule has 2 aliphatic rings. The van der Waals surface area contributed by atoms with Crippen molar-refractivity contribution in [1.29, 1.82) is 0 Å². The average Bonchev–Trinajstić information content (AvgIpc) is 2.74. The highest BCUT2D eigenvalue weighted by Crippen LogP contribution is 2.31. The fraction of sp³-hybridized carbons (Fsp3) is 0.435. The molecule has 0 bridgehead atoms. The van der Waals surface area contributed by atoms with Crippen molar-refractivity contribution in [2.75, 3.05) is 25.5 Å². The topological polar surface area (TPSA) is 83.4 Å². The van der Waals surface area contributed by atoms with Gasteiger partial charge in [0.25, 0.3) is 0 Å². The summed E-state index contributed by atoms with van der Waals surface area (Å²) < 4.78 is 5.41. The molecule has 2 aromatic heterocycles. The third-order valence-electron chi connectivity index (χ3n) is 6.46. The van der Waals surface area contributed by atoms with Gasteiger partial charge in [0.15, 0.2) is 0 Å². The average molecular weight is 406 g/mol. The molecule has 1 aromatic carbocycles. The summed E-state index contributed by atoms with van der Waals surface area (Å²) in [6.45, 7) is 2.14. The predicted molar refractivity (Wildman–Crippen MR) is 116 cm³/mol. The van der Waals surface area contributed by atoms with Crippen LogP contribution in [0.3, 0.4) is 0 Å². The van der Waals surface area contributed by atoms with Gasteiger partial charge in [-0.05, 0) is 49.4 Å². The van der Waals surface area contributed by atoms with Crippen LogP contribution in [-0.4, -0.2) is 63.3 Å². The monoisotopic (exact) mass is 405 g/mol. The Morgan fingerprint density at radius 1 is 1.03 bits per heavy atom. The van der Waals surface area contributed by atoms with Crippen LogP contribution in [0.4, 0.5) is 5.82 Å². The molecule has 7 nitrogen and oxygen atoms in total. The minimum atomic E-state index is 0.158. The summed E-state index contributed by atoms with van der Waals surface area (Å²) in [6.07, 6.45) is 9.92. The fourth-order valence-electron chi connectivity index (χ4n) is 4.63. The predicted octanol–water partition coefficient (Wildman–Crippen LogP) is 3.45. The van der Waals surface area contributed by atoms with Gasteiger partial charge in [-0.15, -0.1) is 0 Å². The summed E-state index contributed by atoms with van der Waals surface area (Å²) in [5.74, 6) is 1.04. The highest BCUT2D eigenvalue weighted by atomic mass is 16.5. The minimum absolute atomic E-state index is 0.158. The van der Waals surface area contributed by atoms with E-state index in [1.54, 1.807) is 25.7 Å². The van der Waals surface area contributed by atoms with E-state index in [4.69, 9.17) is 4.74 Å². The largest absolute Gasteiger partial charge is 0.506 e. The number of benzene rings is 1. The van der Waals surface area contributed by atoms with Crippen LogP contribution in [0.1, 0.15) is 25.7 Å². The minimum Gasteiger partial charge on any atom is -0.506 e. The van der Waals surface area contributed by atoms with Crippen LogP contribution >= 0.6 is 0 Å². The van der Waals surface area contributed by atoms with Gasteiger partial charge in [0.1, 0.15) is 17.9 Å². The lowest BCUT2D eigenvalue weighted by atomic mass is 9.88. The van der Waals surface area contributed by atoms with E-state index in [0.29, 0.717) is 18.2 Å². The summed E-state index contributed by atoms with van der Waals surface area (Å²) in [5, 5.41) is 14.4. The van der Waals surface area contributed by atoms with E-state index in [0.717, 1.165) is 53.8 Å². The number of hydrogen-bond donors (Lipinski definition) is 2. The molecule has 0 radical (unpaired) electrons. The molecular weight excluding hydrogens is 378 g/mol. The lowest BCUT2D eigenvalue weighted by Gasteiger charge is -2.46. The van der Waals surface area contributed by atoms with E-state index in [9.17, 15) is 5.11 Å². The molecule has 0 unspecified atom stereocenters. The SMILES string of the molecule is COC1CN(C2CCC(Nc3ncnc4ccc(-c5cncc(O)c5)cc34)CC2)C1. The molecule has 1 saturated heterocycles. The van der Waals surface area contributed by atoms with E-state index >= 15 is 0 Å². The van der Waals surface area contributed by atoms with Crippen LogP contribution in [0.25, 0.3) is 22.0 Å². The molecule has 0 atom stereocenters. The third kappa shape index (κ3) is 3.82. The molecule has 5 rings (SSSR count). The van der Waals surface area contributed by atoms with Crippen LogP contribution in [0.15, 0.2) is 43.0 Å². The number of aromatic nitrogens is 3. The number of nitrogens with one attached hydrogen (secondary N) is 1. The molecular formula is C23H27N5O2. The van der Waals surface area contributed by atoms with Crippen molar-refractivity contribution in [3.63, 3.8) is 0 Å². The smallest absolute Gasteiger partial charge is 0.137 e. The number of fused-ring (bicyclic) bond motifs is 1. The van der Waals surface area contributed by atoms with Crippen LogP contribution in [0.2, 0.25) is 0 Å². The Kier molecular flexibility index (Phi) is 5.23. The zero-order valence-corrected chi connectivity index (χ0v) is 17.2. The Labute approximate surface area is 176 Å². The number of rotatable bonds is 5. The summed E-state index contributed by atoms with van der Waals surface area (Å²) in [5.41, 5.74) is 2.76. The van der Waals surface area contributed by atoms with E-state index in [1.807, 2.05) is 12.1 Å². The van der Waals surface area contributed by atoms with Crippen LogP contribution in [0.5, 0.6) is 5.75 Å². The summed E-state index contributed by atoms with van der Waals surface area (Å²) in [4.78, 5) is 15.6. The second kappa shape index (κ2) is 8.16. The van der Waals surface area contributed by atoms with Gasteiger partial charge in [0.2, 0.25) is 0 Å². The van der Waals surface area contributed by atoms with Gasteiger partial charge in [-0.3, -0.25) is 9.88 Å². The molecule has 0 spiro atoms. The summed E-state index contributed by atoms with van der Waals surface area (Å²) >= 11 is 0. The van der Waals surface area contributed by atoms with Crippen molar-refractivity contribution < 1.29 is 9.84 Å². The van der Waals surface area contributed by atoms with Crippen LogP contribution in [0, 0.1) is 0 Å². The molecule has 0 amide bonds. The number of methoxy groups -OCH3 is 1. The third-order valence-corrected chi connectivity index (χ3v) is 6.46. The molecule has 2 fully saturated rings. The molecule has 30 heavy (non-hydrogen) atoms. The number of anilines is 1. The van der Waals surface area contributed by atoms with Crippen molar-refractivity contribution in [2.24, 2.45) is 0 Å². The zero-order chi connectivity index (χ0) is 20.5. The van der Waals surface area contributed by atoms with Crippen molar-refractivity contribution in [2.45, 2.75) is 43.9 Å². The second-order valence-electron chi connectivity index (χ2n) is 8.35. The Morgan fingerprint density at radius 2 is 1.87 bits per heavy atom. The molecule has 2 N–H and O–H groups in total. The summed E-state index contributed by atoms with van der Waals surface area (Å²) in [7, 11) is 1.80. The maximum Gasteiger partial charge on any atom is 0.137 e. The molecule has 1 aliphatic carbocycles. The number of ether oxygens (including phenoxy) is 1. The normalized spacial score (nSPS) is 22.7. The van der Waals surface area contributed by atoms with E-state index in [-0.39, 0.29) is 5.75 Å². The van der Waals surface area contributed by atoms with Crippen LogP contribution in [-0.2, 0) is 4.74 Å². The zero-order valence-electron chi connectivity index (χ0n) is 17.2. The molecule has 7 heteroatoms. The maximum absolute atomic E-state index is 9.76. The van der Waals surface area contributed by atoms with Crippen molar-refractivity contribution >= 4 is 16.7 Å². The first kappa shape index (κ1) is 19.2. The summed E-state index contributed by atoms with van der Waals surface area (Å²) in [6, 6.07) is 8.89. The number of nitrogens with zero attached hydrogens (tertiary/aromatic N) is 4. The quantitative estimate of drug-likeness (QED) is 0.673. The first-order valence-electron chi connectivity index (χ1n) is 10.6. The first-order chi connectivity index (χ1) is 14.7. The number of hydrogen-bond acceptors (Lipinski definition) is 7. The van der Waals surface area contributed by atoms with Gasteiger partial charge < -0.3 is 15.2 Å². The second-order valence-corrected chi connectivity index (χ2v) is 8.35. The molecule has 1 saturated carbocycles. The molecule has 1 aliphatic heterocycles. The first-order valence-corrected chi connectivity index (χ1v) is 10.6. The highest BCUT2D eigenvalue weighted by Gasteiger charge is 2.34. The number of likely N-dealkylation sites (tertiary alicyclic amines) is 1. The lowest BCUT2D eigenvalue weighted by Crippen LogP contribution is -2.57. The van der Waals surface area contributed by atoms with E-state index in [2.05, 4.69) is 31.2 Å². The Bertz CT molecular complexity index is 1030. The number of aromatic hydroxyl groups is 1. The van der Waals surface area contributed by atoms with Gasteiger partial charge in [0, 0.05) is 49.4 Å². The van der Waals surface area contributed by atoms with Crippen molar-refractivity contribution in [1.82, 2.24) is 19.9 Å². The van der Waals surface area contributed by atoms with Gasteiger partial charge in [0.05, 0.1) is 17.8 Å². The molecule has 3 aromatic rings. The van der Waals surface area contributed by atoms with Gasteiger partial charge in [-0.25, -0.2) is 9.97 Å². The van der Waals surface area contributed by atoms with Gasteiger partial charge in [-0.1, -0.05) is 6.07 Å². The number of pyridine rings is 1. The van der Waals surface area contributed by atoms with Crippen molar-refractivity contribution in [3.8, 4) is 16.9 Å². The molecule has 156 valence electrons. The Hall–Kier alpha value is -2.77. The lowest BCUT2D eigenvalue weighted by molar-refractivity contribution is -0.0574. The highest BCUT2D eigenvalue weighted by molar-refractivity contribution is 5.92. The standard InChI is InChI=1S/C23H27N5O2/c1-30-20-12-28(13-20)18-5-3-17(4-6-18)27-23-21-9-15(2-7-22(21)25-14-26-23)16-8-19(29)11-24-10-16/h2,7-11,14,17-18,20,29H,3-6,12-13H2,1H3,(H,25,26,27).